The van der Waals surface area contributed by atoms with Crippen LogP contribution in [0, 0.1) is 0 Å². The van der Waals surface area contributed by atoms with E-state index in [9.17, 15) is 5.11 Å². The summed E-state index contributed by atoms with van der Waals surface area (Å²) in [7, 11) is 0. The Morgan fingerprint density at radius 3 is 2.33 bits per heavy atom. The van der Waals surface area contributed by atoms with Crippen LogP contribution in [0.1, 0.15) is 35.1 Å². The lowest BCUT2D eigenvalue weighted by Gasteiger charge is -2.19. The number of ether oxygens (including phenoxy) is 1. The largest absolute Gasteiger partial charge is 0.489 e. The Balaban J connectivity index is 1.79. The van der Waals surface area contributed by atoms with Crippen molar-refractivity contribution in [3.05, 3.63) is 63.1 Å². The number of rotatable bonds is 4. The fourth-order valence-corrected chi connectivity index (χ4v) is 3.08. The predicted octanol–water partition coefficient (Wildman–Crippen LogP) is 4.40. The molecule has 2 aromatic carbocycles. The van der Waals surface area contributed by atoms with E-state index in [4.69, 9.17) is 4.74 Å². The number of halogens is 1. The van der Waals surface area contributed by atoms with Crippen molar-refractivity contribution in [3.63, 3.8) is 0 Å². The number of aliphatic hydroxyl groups excluding tert-OH is 1. The zero-order chi connectivity index (χ0) is 14.7. The summed E-state index contributed by atoms with van der Waals surface area (Å²) in [6.07, 6.45) is 4.74. The Morgan fingerprint density at radius 2 is 1.67 bits per heavy atom. The summed E-state index contributed by atoms with van der Waals surface area (Å²) in [5.41, 5.74) is 4.78. The zero-order valence-electron chi connectivity index (χ0n) is 11.9. The summed E-state index contributed by atoms with van der Waals surface area (Å²) in [6, 6.07) is 12.4. The first-order chi connectivity index (χ1) is 10.3. The summed E-state index contributed by atoms with van der Waals surface area (Å²) in [6.45, 7) is 0.558. The van der Waals surface area contributed by atoms with Crippen LogP contribution in [-0.4, -0.2) is 5.11 Å². The topological polar surface area (TPSA) is 29.5 Å². The number of fused-ring (bicyclic) bond motifs is 1. The molecule has 21 heavy (non-hydrogen) atoms. The van der Waals surface area contributed by atoms with Crippen molar-refractivity contribution < 1.29 is 9.84 Å². The third-order valence-corrected chi connectivity index (χ3v) is 4.53. The Morgan fingerprint density at radius 1 is 1.00 bits per heavy atom. The number of benzene rings is 2. The Bertz CT molecular complexity index is 620. The molecule has 0 saturated heterocycles. The molecule has 0 saturated carbocycles. The SMILES string of the molecule is OCc1cc2c(cc1OCc1ccc(Br)cc1)CCCC2. The molecule has 0 bridgehead atoms. The fraction of sp³-hybridized carbons (Fsp3) is 0.333. The molecule has 2 nitrogen and oxygen atoms in total. The van der Waals surface area contributed by atoms with E-state index in [0.29, 0.717) is 6.61 Å². The summed E-state index contributed by atoms with van der Waals surface area (Å²) in [4.78, 5) is 0. The van der Waals surface area contributed by atoms with Gasteiger partial charge in [-0.25, -0.2) is 0 Å². The molecule has 0 atom stereocenters. The maximum absolute atomic E-state index is 9.57. The maximum Gasteiger partial charge on any atom is 0.125 e. The van der Waals surface area contributed by atoms with Crippen LogP contribution in [-0.2, 0) is 26.1 Å². The van der Waals surface area contributed by atoms with E-state index >= 15 is 0 Å². The van der Waals surface area contributed by atoms with Crippen molar-refractivity contribution in [1.29, 1.82) is 0 Å². The van der Waals surface area contributed by atoms with Crippen molar-refractivity contribution in [2.75, 3.05) is 0 Å². The maximum atomic E-state index is 9.57. The Kier molecular flexibility index (Phi) is 4.61. The molecule has 0 amide bonds. The summed E-state index contributed by atoms with van der Waals surface area (Å²) in [5.74, 6) is 0.820. The van der Waals surface area contributed by atoms with Crippen LogP contribution >= 0.6 is 15.9 Å². The van der Waals surface area contributed by atoms with E-state index in [1.807, 2.05) is 24.3 Å². The summed E-state index contributed by atoms with van der Waals surface area (Å²) >= 11 is 3.43. The molecule has 0 unspecified atom stereocenters. The van der Waals surface area contributed by atoms with Gasteiger partial charge < -0.3 is 9.84 Å². The van der Waals surface area contributed by atoms with E-state index in [-0.39, 0.29) is 6.61 Å². The van der Waals surface area contributed by atoms with Gasteiger partial charge in [0.1, 0.15) is 12.4 Å². The minimum absolute atomic E-state index is 0.0307. The second-order valence-electron chi connectivity index (χ2n) is 5.51. The third kappa shape index (κ3) is 3.47. The van der Waals surface area contributed by atoms with Crippen LogP contribution in [0.2, 0.25) is 0 Å². The first kappa shape index (κ1) is 14.6. The minimum Gasteiger partial charge on any atom is -0.489 e. The summed E-state index contributed by atoms with van der Waals surface area (Å²) in [5, 5.41) is 9.57. The van der Waals surface area contributed by atoms with Gasteiger partial charge in [0, 0.05) is 10.0 Å². The van der Waals surface area contributed by atoms with Gasteiger partial charge in [-0.1, -0.05) is 28.1 Å². The molecular weight excluding hydrogens is 328 g/mol. The lowest BCUT2D eigenvalue weighted by Crippen LogP contribution is -2.06. The van der Waals surface area contributed by atoms with Gasteiger partial charge in [-0.15, -0.1) is 0 Å². The molecule has 3 rings (SSSR count). The highest BCUT2D eigenvalue weighted by molar-refractivity contribution is 9.10. The molecule has 0 radical (unpaired) electrons. The fourth-order valence-electron chi connectivity index (χ4n) is 2.81. The number of aliphatic hydroxyl groups is 1. The average molecular weight is 347 g/mol. The molecule has 0 heterocycles. The first-order valence-electron chi connectivity index (χ1n) is 7.39. The van der Waals surface area contributed by atoms with Gasteiger partial charge in [0.05, 0.1) is 6.61 Å². The van der Waals surface area contributed by atoms with Crippen LogP contribution in [0.4, 0.5) is 0 Å². The van der Waals surface area contributed by atoms with E-state index in [1.165, 1.54) is 24.0 Å². The van der Waals surface area contributed by atoms with E-state index in [2.05, 4.69) is 28.1 Å². The van der Waals surface area contributed by atoms with E-state index < -0.39 is 0 Å². The van der Waals surface area contributed by atoms with Crippen molar-refractivity contribution in [1.82, 2.24) is 0 Å². The quantitative estimate of drug-likeness (QED) is 0.888. The van der Waals surface area contributed by atoms with Gasteiger partial charge in [-0.3, -0.25) is 0 Å². The molecular formula is C18H19BrO2. The van der Waals surface area contributed by atoms with Crippen LogP contribution in [0.5, 0.6) is 5.75 Å². The van der Waals surface area contributed by atoms with Crippen LogP contribution in [0.15, 0.2) is 40.9 Å². The average Bonchev–Trinajstić information content (AvgIpc) is 2.53. The highest BCUT2D eigenvalue weighted by Gasteiger charge is 2.14. The molecule has 1 aliphatic rings. The van der Waals surface area contributed by atoms with Crippen LogP contribution < -0.4 is 4.74 Å². The Hall–Kier alpha value is -1.32. The molecule has 1 aliphatic carbocycles. The Labute approximate surface area is 133 Å². The van der Waals surface area contributed by atoms with Gasteiger partial charge in [-0.2, -0.15) is 0 Å². The van der Waals surface area contributed by atoms with Crippen molar-refractivity contribution in [2.24, 2.45) is 0 Å². The van der Waals surface area contributed by atoms with Crippen molar-refractivity contribution >= 4 is 15.9 Å². The zero-order valence-corrected chi connectivity index (χ0v) is 13.5. The van der Waals surface area contributed by atoms with Gasteiger partial charge in [0.25, 0.3) is 0 Å². The van der Waals surface area contributed by atoms with E-state index in [0.717, 1.165) is 34.2 Å². The number of hydrogen-bond donors (Lipinski definition) is 1. The number of hydrogen-bond acceptors (Lipinski definition) is 2. The second kappa shape index (κ2) is 6.63. The van der Waals surface area contributed by atoms with E-state index in [1.54, 1.807) is 0 Å². The van der Waals surface area contributed by atoms with Gasteiger partial charge in [-0.05, 0) is 66.6 Å². The van der Waals surface area contributed by atoms with Crippen molar-refractivity contribution in [2.45, 2.75) is 38.9 Å². The smallest absolute Gasteiger partial charge is 0.125 e. The molecule has 3 heteroatoms. The third-order valence-electron chi connectivity index (χ3n) is 4.00. The van der Waals surface area contributed by atoms with Crippen LogP contribution in [0.25, 0.3) is 0 Å². The molecule has 0 aliphatic heterocycles. The van der Waals surface area contributed by atoms with Gasteiger partial charge >= 0.3 is 0 Å². The highest BCUT2D eigenvalue weighted by atomic mass is 79.9. The lowest BCUT2D eigenvalue weighted by atomic mass is 9.90. The summed E-state index contributed by atoms with van der Waals surface area (Å²) < 4.78 is 7.01. The molecule has 0 aromatic heterocycles. The molecule has 0 fully saturated rings. The lowest BCUT2D eigenvalue weighted by molar-refractivity contribution is 0.258. The molecule has 1 N–H and O–H groups in total. The molecule has 110 valence electrons. The normalized spacial score (nSPS) is 13.8. The van der Waals surface area contributed by atoms with Gasteiger partial charge in [0.15, 0.2) is 0 Å². The van der Waals surface area contributed by atoms with Crippen LogP contribution in [0.3, 0.4) is 0 Å². The first-order valence-corrected chi connectivity index (χ1v) is 8.18. The molecule has 0 spiro atoms. The van der Waals surface area contributed by atoms with Gasteiger partial charge in [0.2, 0.25) is 0 Å². The minimum atomic E-state index is 0.0307. The molecule has 2 aromatic rings. The second-order valence-corrected chi connectivity index (χ2v) is 6.42. The standard InChI is InChI=1S/C18H19BrO2/c19-17-7-5-13(6-8-17)12-21-18-10-15-4-2-1-3-14(15)9-16(18)11-20/h5-10,20H,1-4,11-12H2. The monoisotopic (exact) mass is 346 g/mol. The van der Waals surface area contributed by atoms with Crippen molar-refractivity contribution in [3.8, 4) is 5.75 Å². The predicted molar refractivity (Wildman–Crippen MR) is 87.5 cm³/mol. The highest BCUT2D eigenvalue weighted by Crippen LogP contribution is 2.30. The number of aryl methyl sites for hydroxylation is 2.